The van der Waals surface area contributed by atoms with E-state index in [2.05, 4.69) is 57.2 Å². The van der Waals surface area contributed by atoms with Crippen molar-refractivity contribution in [2.45, 2.75) is 33.3 Å². The first-order valence-corrected chi connectivity index (χ1v) is 6.53. The molecule has 0 amide bonds. The maximum absolute atomic E-state index is 5.77. The monoisotopic (exact) mass is 240 g/mol. The molecule has 0 aliphatic rings. The molecule has 0 aromatic heterocycles. The molecule has 1 heteroatoms. The first kappa shape index (κ1) is 12.7. The van der Waals surface area contributed by atoms with Crippen molar-refractivity contribution in [3.8, 4) is 16.9 Å². The molecule has 18 heavy (non-hydrogen) atoms. The van der Waals surface area contributed by atoms with Gasteiger partial charge in [-0.25, -0.2) is 0 Å². The molecular formula is C17H20O. The quantitative estimate of drug-likeness (QED) is 0.743. The van der Waals surface area contributed by atoms with E-state index in [1.807, 2.05) is 12.1 Å². The van der Waals surface area contributed by atoms with Gasteiger partial charge in [0.05, 0.1) is 6.10 Å². The van der Waals surface area contributed by atoms with Crippen LogP contribution in [-0.4, -0.2) is 6.10 Å². The second-order valence-electron chi connectivity index (χ2n) is 4.73. The van der Waals surface area contributed by atoms with Gasteiger partial charge in [-0.15, -0.1) is 0 Å². The van der Waals surface area contributed by atoms with E-state index < -0.39 is 0 Å². The van der Waals surface area contributed by atoms with E-state index in [4.69, 9.17) is 4.74 Å². The lowest BCUT2D eigenvalue weighted by atomic mass is 10.0. The molecule has 0 saturated carbocycles. The summed E-state index contributed by atoms with van der Waals surface area (Å²) in [6, 6.07) is 16.9. The lowest BCUT2D eigenvalue weighted by Gasteiger charge is -2.12. The number of rotatable bonds is 4. The Morgan fingerprint density at radius 1 is 0.889 bits per heavy atom. The van der Waals surface area contributed by atoms with Crippen molar-refractivity contribution >= 4 is 0 Å². The molecule has 0 aliphatic heterocycles. The zero-order chi connectivity index (χ0) is 13.0. The number of ether oxygens (including phenoxy) is 1. The molecule has 2 rings (SSSR count). The zero-order valence-corrected chi connectivity index (χ0v) is 11.3. The molecular weight excluding hydrogens is 220 g/mol. The highest BCUT2D eigenvalue weighted by atomic mass is 16.5. The first-order chi connectivity index (χ1) is 8.69. The van der Waals surface area contributed by atoms with Gasteiger partial charge in [0, 0.05) is 0 Å². The van der Waals surface area contributed by atoms with E-state index in [1.165, 1.54) is 16.7 Å². The number of hydrogen-bond acceptors (Lipinski definition) is 1. The van der Waals surface area contributed by atoms with Gasteiger partial charge in [-0.3, -0.25) is 0 Å². The maximum atomic E-state index is 5.77. The molecule has 2 aromatic carbocycles. The van der Waals surface area contributed by atoms with Crippen LogP contribution < -0.4 is 4.74 Å². The van der Waals surface area contributed by atoms with Crippen LogP contribution >= 0.6 is 0 Å². The average molecular weight is 240 g/mol. The Labute approximate surface area is 109 Å². The van der Waals surface area contributed by atoms with Crippen LogP contribution in [-0.2, 0) is 0 Å². The van der Waals surface area contributed by atoms with Crippen LogP contribution in [0.1, 0.15) is 25.8 Å². The normalized spacial score (nSPS) is 12.2. The van der Waals surface area contributed by atoms with Crippen molar-refractivity contribution in [2.24, 2.45) is 0 Å². The molecule has 0 fully saturated rings. The molecule has 0 heterocycles. The summed E-state index contributed by atoms with van der Waals surface area (Å²) in [7, 11) is 0. The van der Waals surface area contributed by atoms with Gasteiger partial charge in [0.1, 0.15) is 5.75 Å². The average Bonchev–Trinajstić information content (AvgIpc) is 2.40. The van der Waals surface area contributed by atoms with Crippen LogP contribution in [0.5, 0.6) is 5.75 Å². The smallest absolute Gasteiger partial charge is 0.119 e. The molecule has 0 spiro atoms. The van der Waals surface area contributed by atoms with Crippen LogP contribution in [0.3, 0.4) is 0 Å². The minimum atomic E-state index is 0.273. The van der Waals surface area contributed by atoms with Gasteiger partial charge in [-0.1, -0.05) is 48.9 Å². The Bertz CT molecular complexity index is 482. The molecule has 0 saturated heterocycles. The standard InChI is InChI=1S/C17H20O/c1-4-14(3)18-17-11-9-16(10-12-17)15-7-5-13(2)6-8-15/h5-12,14H,4H2,1-3H3. The molecule has 0 bridgehead atoms. The Balaban J connectivity index is 2.14. The van der Waals surface area contributed by atoms with Gasteiger partial charge < -0.3 is 4.74 Å². The van der Waals surface area contributed by atoms with Gasteiger partial charge in [0.25, 0.3) is 0 Å². The molecule has 2 aromatic rings. The van der Waals surface area contributed by atoms with Crippen LogP contribution in [0.2, 0.25) is 0 Å². The predicted molar refractivity (Wildman–Crippen MR) is 77.0 cm³/mol. The van der Waals surface area contributed by atoms with E-state index in [0.29, 0.717) is 0 Å². The summed E-state index contributed by atoms with van der Waals surface area (Å²) in [4.78, 5) is 0. The van der Waals surface area contributed by atoms with E-state index in [1.54, 1.807) is 0 Å². The van der Waals surface area contributed by atoms with Gasteiger partial charge in [-0.05, 0) is 43.5 Å². The first-order valence-electron chi connectivity index (χ1n) is 6.53. The third-order valence-electron chi connectivity index (χ3n) is 3.15. The number of hydrogen-bond donors (Lipinski definition) is 0. The SMILES string of the molecule is CCC(C)Oc1ccc(-c2ccc(C)cc2)cc1. The van der Waals surface area contributed by atoms with Crippen LogP contribution in [0.15, 0.2) is 48.5 Å². The lowest BCUT2D eigenvalue weighted by Crippen LogP contribution is -2.09. The summed E-state index contributed by atoms with van der Waals surface area (Å²) in [6.45, 7) is 6.33. The van der Waals surface area contributed by atoms with E-state index in [0.717, 1.165) is 12.2 Å². The topological polar surface area (TPSA) is 9.23 Å². The Kier molecular flexibility index (Phi) is 4.03. The summed E-state index contributed by atoms with van der Waals surface area (Å²) in [6.07, 6.45) is 1.30. The number of aryl methyl sites for hydroxylation is 1. The van der Waals surface area contributed by atoms with Crippen LogP contribution in [0, 0.1) is 6.92 Å². The molecule has 0 radical (unpaired) electrons. The minimum absolute atomic E-state index is 0.273. The van der Waals surface area contributed by atoms with E-state index in [9.17, 15) is 0 Å². The molecule has 94 valence electrons. The fourth-order valence-corrected chi connectivity index (χ4v) is 1.79. The molecule has 1 unspecified atom stereocenters. The number of benzene rings is 2. The molecule has 1 nitrogen and oxygen atoms in total. The van der Waals surface area contributed by atoms with E-state index >= 15 is 0 Å². The summed E-state index contributed by atoms with van der Waals surface area (Å²) in [5, 5.41) is 0. The third-order valence-corrected chi connectivity index (χ3v) is 3.15. The molecule has 0 N–H and O–H groups in total. The van der Waals surface area contributed by atoms with Crippen LogP contribution in [0.4, 0.5) is 0 Å². The van der Waals surface area contributed by atoms with Gasteiger partial charge in [0.15, 0.2) is 0 Å². The van der Waals surface area contributed by atoms with Crippen molar-refractivity contribution in [1.82, 2.24) is 0 Å². The Morgan fingerprint density at radius 2 is 1.39 bits per heavy atom. The highest BCUT2D eigenvalue weighted by Gasteiger charge is 2.02. The van der Waals surface area contributed by atoms with Crippen molar-refractivity contribution in [3.05, 3.63) is 54.1 Å². The molecule has 1 atom stereocenters. The predicted octanol–water partition coefficient (Wildman–Crippen LogP) is 4.84. The second kappa shape index (κ2) is 5.72. The molecule has 0 aliphatic carbocycles. The van der Waals surface area contributed by atoms with Gasteiger partial charge >= 0.3 is 0 Å². The highest BCUT2D eigenvalue weighted by molar-refractivity contribution is 5.64. The summed E-state index contributed by atoms with van der Waals surface area (Å²) in [5.74, 6) is 0.945. The summed E-state index contributed by atoms with van der Waals surface area (Å²) < 4.78 is 5.77. The lowest BCUT2D eigenvalue weighted by molar-refractivity contribution is 0.217. The van der Waals surface area contributed by atoms with Crippen molar-refractivity contribution in [3.63, 3.8) is 0 Å². The van der Waals surface area contributed by atoms with Crippen molar-refractivity contribution in [1.29, 1.82) is 0 Å². The second-order valence-corrected chi connectivity index (χ2v) is 4.73. The fourth-order valence-electron chi connectivity index (χ4n) is 1.79. The maximum Gasteiger partial charge on any atom is 0.119 e. The highest BCUT2D eigenvalue weighted by Crippen LogP contribution is 2.23. The summed E-state index contributed by atoms with van der Waals surface area (Å²) in [5.41, 5.74) is 3.76. The largest absolute Gasteiger partial charge is 0.491 e. The summed E-state index contributed by atoms with van der Waals surface area (Å²) >= 11 is 0. The van der Waals surface area contributed by atoms with Crippen molar-refractivity contribution < 1.29 is 4.74 Å². The van der Waals surface area contributed by atoms with Gasteiger partial charge in [-0.2, -0.15) is 0 Å². The third kappa shape index (κ3) is 3.13. The Morgan fingerprint density at radius 3 is 1.89 bits per heavy atom. The van der Waals surface area contributed by atoms with E-state index in [-0.39, 0.29) is 6.10 Å². The Hall–Kier alpha value is -1.76. The van der Waals surface area contributed by atoms with Gasteiger partial charge in [0.2, 0.25) is 0 Å². The zero-order valence-electron chi connectivity index (χ0n) is 11.3. The van der Waals surface area contributed by atoms with Crippen molar-refractivity contribution in [2.75, 3.05) is 0 Å². The minimum Gasteiger partial charge on any atom is -0.491 e. The fraction of sp³-hybridized carbons (Fsp3) is 0.294. The van der Waals surface area contributed by atoms with Crippen LogP contribution in [0.25, 0.3) is 11.1 Å².